The summed E-state index contributed by atoms with van der Waals surface area (Å²) in [6.45, 7) is 4.59. The van der Waals surface area contributed by atoms with Gasteiger partial charge in [-0.15, -0.1) is 0 Å². The van der Waals surface area contributed by atoms with E-state index in [0.717, 1.165) is 36.3 Å². The molecule has 0 atom stereocenters. The predicted molar refractivity (Wildman–Crippen MR) is 103 cm³/mol. The van der Waals surface area contributed by atoms with Crippen LogP contribution in [-0.4, -0.2) is 25.5 Å². The Labute approximate surface area is 154 Å². The third-order valence-electron chi connectivity index (χ3n) is 4.57. The Bertz CT molecular complexity index is 813. The highest BCUT2D eigenvalue weighted by molar-refractivity contribution is 6.04. The number of nitrogens with zero attached hydrogens (tertiary/aromatic N) is 1. The summed E-state index contributed by atoms with van der Waals surface area (Å²) in [7, 11) is 1.59. The van der Waals surface area contributed by atoms with Gasteiger partial charge >= 0.3 is 0 Å². The summed E-state index contributed by atoms with van der Waals surface area (Å²) >= 11 is 0. The maximum absolute atomic E-state index is 12.4. The van der Waals surface area contributed by atoms with Crippen LogP contribution in [0.1, 0.15) is 36.2 Å². The van der Waals surface area contributed by atoms with Crippen molar-refractivity contribution in [2.75, 3.05) is 23.9 Å². The molecule has 2 aromatic carbocycles. The van der Waals surface area contributed by atoms with E-state index >= 15 is 0 Å². The second kappa shape index (κ2) is 7.60. The van der Waals surface area contributed by atoms with Crippen LogP contribution in [0, 0.1) is 5.92 Å². The van der Waals surface area contributed by atoms with Crippen molar-refractivity contribution in [2.24, 2.45) is 5.92 Å². The highest BCUT2D eigenvalue weighted by Crippen LogP contribution is 2.31. The van der Waals surface area contributed by atoms with E-state index in [4.69, 9.17) is 4.74 Å². The van der Waals surface area contributed by atoms with Crippen LogP contribution in [0.4, 0.5) is 11.4 Å². The number of carbonyl (C=O) groups excluding carboxylic acids is 2. The highest BCUT2D eigenvalue weighted by atomic mass is 16.5. The van der Waals surface area contributed by atoms with Crippen molar-refractivity contribution in [2.45, 2.75) is 26.7 Å². The molecular formula is C21H24N2O3. The van der Waals surface area contributed by atoms with Crippen molar-refractivity contribution in [1.29, 1.82) is 0 Å². The molecular weight excluding hydrogens is 328 g/mol. The number of fused-ring (bicyclic) bond motifs is 1. The van der Waals surface area contributed by atoms with Gasteiger partial charge in [-0.3, -0.25) is 9.59 Å². The van der Waals surface area contributed by atoms with E-state index in [1.54, 1.807) is 31.4 Å². The van der Waals surface area contributed by atoms with Crippen molar-refractivity contribution in [3.63, 3.8) is 0 Å². The molecule has 2 aromatic rings. The summed E-state index contributed by atoms with van der Waals surface area (Å²) in [6.07, 6.45) is 1.84. The lowest BCUT2D eigenvalue weighted by Crippen LogP contribution is -2.38. The monoisotopic (exact) mass is 352 g/mol. The Morgan fingerprint density at radius 3 is 2.50 bits per heavy atom. The van der Waals surface area contributed by atoms with Gasteiger partial charge in [-0.2, -0.15) is 0 Å². The van der Waals surface area contributed by atoms with Gasteiger partial charge in [0.1, 0.15) is 5.75 Å². The van der Waals surface area contributed by atoms with Gasteiger partial charge in [0.25, 0.3) is 5.91 Å². The molecule has 1 aliphatic heterocycles. The zero-order valence-corrected chi connectivity index (χ0v) is 15.4. The molecule has 2 amide bonds. The molecule has 0 saturated carbocycles. The van der Waals surface area contributed by atoms with Crippen molar-refractivity contribution >= 4 is 23.2 Å². The number of rotatable bonds is 4. The van der Waals surface area contributed by atoms with Gasteiger partial charge in [-0.25, -0.2) is 0 Å². The second-order valence-electron chi connectivity index (χ2n) is 6.77. The number of anilines is 2. The lowest BCUT2D eigenvalue weighted by atomic mass is 9.99. The number of nitrogens with one attached hydrogen (secondary N) is 1. The summed E-state index contributed by atoms with van der Waals surface area (Å²) in [5.74, 6) is 0.653. The molecule has 5 nitrogen and oxygen atoms in total. The topological polar surface area (TPSA) is 58.6 Å². The van der Waals surface area contributed by atoms with Gasteiger partial charge < -0.3 is 15.0 Å². The minimum absolute atomic E-state index is 0.0320. The number of benzene rings is 2. The van der Waals surface area contributed by atoms with Crippen molar-refractivity contribution in [1.82, 2.24) is 0 Å². The van der Waals surface area contributed by atoms with Crippen LogP contribution in [0.3, 0.4) is 0 Å². The molecule has 1 aliphatic rings. The van der Waals surface area contributed by atoms with Crippen LogP contribution in [0.5, 0.6) is 5.75 Å². The first-order chi connectivity index (χ1) is 12.5. The van der Waals surface area contributed by atoms with Crippen molar-refractivity contribution in [3.8, 4) is 5.75 Å². The van der Waals surface area contributed by atoms with E-state index in [-0.39, 0.29) is 17.7 Å². The van der Waals surface area contributed by atoms with E-state index in [1.165, 1.54) is 0 Å². The Hall–Kier alpha value is -2.82. The Balaban J connectivity index is 1.78. The number of amides is 2. The van der Waals surface area contributed by atoms with E-state index in [0.29, 0.717) is 11.3 Å². The maximum Gasteiger partial charge on any atom is 0.255 e. The standard InChI is InChI=1S/C21H24N2O3/c1-14(2)21(25)23-12-4-5-16-13-17(8-11-19(16)23)22-20(24)15-6-9-18(26-3)10-7-15/h6-11,13-14H,4-5,12H2,1-3H3,(H,22,24). The average molecular weight is 352 g/mol. The minimum Gasteiger partial charge on any atom is -0.497 e. The van der Waals surface area contributed by atoms with Gasteiger partial charge in [-0.05, 0) is 60.9 Å². The molecule has 1 N–H and O–H groups in total. The first-order valence-electron chi connectivity index (χ1n) is 8.89. The fourth-order valence-electron chi connectivity index (χ4n) is 3.16. The minimum atomic E-state index is -0.168. The third kappa shape index (κ3) is 3.72. The molecule has 26 heavy (non-hydrogen) atoms. The number of hydrogen-bond acceptors (Lipinski definition) is 3. The van der Waals surface area contributed by atoms with Crippen LogP contribution in [0.15, 0.2) is 42.5 Å². The summed E-state index contributed by atoms with van der Waals surface area (Å²) in [5, 5.41) is 2.93. The van der Waals surface area contributed by atoms with E-state index < -0.39 is 0 Å². The molecule has 0 radical (unpaired) electrons. The number of hydrogen-bond donors (Lipinski definition) is 1. The Morgan fingerprint density at radius 1 is 1.12 bits per heavy atom. The number of aryl methyl sites for hydroxylation is 1. The number of carbonyl (C=O) groups is 2. The van der Waals surface area contributed by atoms with Crippen LogP contribution < -0.4 is 15.0 Å². The Morgan fingerprint density at radius 2 is 1.85 bits per heavy atom. The SMILES string of the molecule is COc1ccc(C(=O)Nc2ccc3c(c2)CCCN3C(=O)C(C)C)cc1. The lowest BCUT2D eigenvalue weighted by Gasteiger charge is -2.31. The van der Waals surface area contributed by atoms with Crippen LogP contribution in [0.25, 0.3) is 0 Å². The molecule has 0 fully saturated rings. The van der Waals surface area contributed by atoms with Gasteiger partial charge in [0.05, 0.1) is 7.11 Å². The molecule has 0 aliphatic carbocycles. The van der Waals surface area contributed by atoms with E-state index in [9.17, 15) is 9.59 Å². The first-order valence-corrected chi connectivity index (χ1v) is 8.89. The van der Waals surface area contributed by atoms with Gasteiger partial charge in [-0.1, -0.05) is 13.8 Å². The summed E-state index contributed by atoms with van der Waals surface area (Å²) < 4.78 is 5.11. The average Bonchev–Trinajstić information content (AvgIpc) is 2.66. The number of ether oxygens (including phenoxy) is 1. The predicted octanol–water partition coefficient (Wildman–Crippen LogP) is 3.88. The second-order valence-corrected chi connectivity index (χ2v) is 6.77. The third-order valence-corrected chi connectivity index (χ3v) is 4.57. The van der Waals surface area contributed by atoms with Crippen LogP contribution in [0.2, 0.25) is 0 Å². The van der Waals surface area contributed by atoms with E-state index in [2.05, 4.69) is 5.32 Å². The summed E-state index contributed by atoms with van der Waals surface area (Å²) in [6, 6.07) is 12.7. The molecule has 3 rings (SSSR count). The fraction of sp³-hybridized carbons (Fsp3) is 0.333. The first kappa shape index (κ1) is 18.0. The summed E-state index contributed by atoms with van der Waals surface area (Å²) in [5.41, 5.74) is 3.36. The molecule has 0 saturated heterocycles. The van der Waals surface area contributed by atoms with Gasteiger partial charge in [0.15, 0.2) is 0 Å². The zero-order valence-electron chi connectivity index (χ0n) is 15.4. The molecule has 136 valence electrons. The highest BCUT2D eigenvalue weighted by Gasteiger charge is 2.24. The van der Waals surface area contributed by atoms with Crippen molar-refractivity contribution < 1.29 is 14.3 Å². The molecule has 0 bridgehead atoms. The smallest absolute Gasteiger partial charge is 0.255 e. The lowest BCUT2D eigenvalue weighted by molar-refractivity contribution is -0.121. The molecule has 0 unspecified atom stereocenters. The van der Waals surface area contributed by atoms with Crippen LogP contribution >= 0.6 is 0 Å². The quantitative estimate of drug-likeness (QED) is 0.908. The number of methoxy groups -OCH3 is 1. The van der Waals surface area contributed by atoms with E-state index in [1.807, 2.05) is 36.9 Å². The maximum atomic E-state index is 12.4. The van der Waals surface area contributed by atoms with Gasteiger partial charge in [0, 0.05) is 29.4 Å². The van der Waals surface area contributed by atoms with Crippen molar-refractivity contribution in [3.05, 3.63) is 53.6 Å². The van der Waals surface area contributed by atoms with Gasteiger partial charge in [0.2, 0.25) is 5.91 Å². The molecule has 0 aromatic heterocycles. The largest absolute Gasteiger partial charge is 0.497 e. The molecule has 0 spiro atoms. The van der Waals surface area contributed by atoms with Crippen LogP contribution in [-0.2, 0) is 11.2 Å². The zero-order chi connectivity index (χ0) is 18.7. The molecule has 5 heteroatoms. The molecule has 1 heterocycles. The fourth-order valence-corrected chi connectivity index (χ4v) is 3.16. The Kier molecular flexibility index (Phi) is 5.26. The summed E-state index contributed by atoms with van der Waals surface area (Å²) in [4.78, 5) is 26.7. The normalized spacial score (nSPS) is 13.3.